The van der Waals surface area contributed by atoms with E-state index in [9.17, 15) is 9.59 Å². The SMILES string of the molecule is CCOC(=O)c1c(-c2ccc(OC)cc2)csc1NC(=O)Cc1c(C)noc1C. The summed E-state index contributed by atoms with van der Waals surface area (Å²) in [5, 5.41) is 8.99. The third-order valence-corrected chi connectivity index (χ3v) is 5.34. The molecule has 0 bridgehead atoms. The van der Waals surface area contributed by atoms with Crippen LogP contribution in [0.15, 0.2) is 34.2 Å². The Balaban J connectivity index is 1.90. The number of hydrogen-bond donors (Lipinski definition) is 1. The fourth-order valence-electron chi connectivity index (χ4n) is 2.92. The predicted molar refractivity (Wildman–Crippen MR) is 111 cm³/mol. The topological polar surface area (TPSA) is 90.7 Å². The number of carbonyl (C=O) groups is 2. The second-order valence-corrected chi connectivity index (χ2v) is 7.21. The highest BCUT2D eigenvalue weighted by atomic mass is 32.1. The van der Waals surface area contributed by atoms with Crippen molar-refractivity contribution in [1.82, 2.24) is 5.16 Å². The molecule has 29 heavy (non-hydrogen) atoms. The summed E-state index contributed by atoms with van der Waals surface area (Å²) in [7, 11) is 1.59. The van der Waals surface area contributed by atoms with Crippen molar-refractivity contribution >= 4 is 28.2 Å². The van der Waals surface area contributed by atoms with E-state index < -0.39 is 5.97 Å². The van der Waals surface area contributed by atoms with E-state index in [0.29, 0.717) is 27.6 Å². The fourth-order valence-corrected chi connectivity index (χ4v) is 3.90. The molecule has 0 aliphatic heterocycles. The van der Waals surface area contributed by atoms with E-state index in [-0.39, 0.29) is 18.9 Å². The number of esters is 1. The lowest BCUT2D eigenvalue weighted by atomic mass is 10.0. The highest BCUT2D eigenvalue weighted by Gasteiger charge is 2.23. The molecule has 3 rings (SSSR count). The molecule has 0 atom stereocenters. The van der Waals surface area contributed by atoms with E-state index in [0.717, 1.165) is 16.9 Å². The van der Waals surface area contributed by atoms with Gasteiger partial charge in [0.15, 0.2) is 0 Å². The van der Waals surface area contributed by atoms with Crippen LogP contribution in [-0.2, 0) is 16.0 Å². The largest absolute Gasteiger partial charge is 0.497 e. The molecule has 2 aromatic heterocycles. The Morgan fingerprint density at radius 1 is 1.21 bits per heavy atom. The van der Waals surface area contributed by atoms with Gasteiger partial charge >= 0.3 is 5.97 Å². The van der Waals surface area contributed by atoms with Gasteiger partial charge in [-0.15, -0.1) is 11.3 Å². The molecule has 0 fully saturated rings. The summed E-state index contributed by atoms with van der Waals surface area (Å²) in [4.78, 5) is 25.2. The van der Waals surface area contributed by atoms with Gasteiger partial charge in [0.05, 0.1) is 25.8 Å². The summed E-state index contributed by atoms with van der Waals surface area (Å²) >= 11 is 1.28. The average Bonchev–Trinajstić information content (AvgIpc) is 3.26. The van der Waals surface area contributed by atoms with Gasteiger partial charge in [0.25, 0.3) is 0 Å². The molecule has 3 aromatic rings. The number of nitrogens with one attached hydrogen (secondary N) is 1. The molecule has 0 aliphatic carbocycles. The lowest BCUT2D eigenvalue weighted by Crippen LogP contribution is -2.17. The van der Waals surface area contributed by atoms with Crippen LogP contribution in [0.3, 0.4) is 0 Å². The number of aryl methyl sites for hydroxylation is 2. The summed E-state index contributed by atoms with van der Waals surface area (Å²) in [5.41, 5.74) is 3.29. The Hall–Kier alpha value is -3.13. The van der Waals surface area contributed by atoms with E-state index in [1.807, 2.05) is 29.6 Å². The Morgan fingerprint density at radius 3 is 2.52 bits per heavy atom. The van der Waals surface area contributed by atoms with Crippen LogP contribution in [0.2, 0.25) is 0 Å². The molecule has 2 heterocycles. The maximum absolute atomic E-state index is 12.6. The monoisotopic (exact) mass is 414 g/mol. The number of anilines is 1. The zero-order chi connectivity index (χ0) is 21.0. The predicted octanol–water partition coefficient (Wildman–Crippen LogP) is 4.39. The lowest BCUT2D eigenvalue weighted by Gasteiger charge is -2.09. The lowest BCUT2D eigenvalue weighted by molar-refractivity contribution is -0.115. The number of amides is 1. The number of nitrogens with zero attached hydrogens (tertiary/aromatic N) is 1. The minimum Gasteiger partial charge on any atom is -0.497 e. The molecule has 7 nitrogen and oxygen atoms in total. The van der Waals surface area contributed by atoms with E-state index in [2.05, 4.69) is 10.5 Å². The Labute approximate surface area is 172 Å². The van der Waals surface area contributed by atoms with Crippen molar-refractivity contribution < 1.29 is 23.6 Å². The highest BCUT2D eigenvalue weighted by Crippen LogP contribution is 2.37. The van der Waals surface area contributed by atoms with Crippen LogP contribution in [0.25, 0.3) is 11.1 Å². The number of carbonyl (C=O) groups excluding carboxylic acids is 2. The third kappa shape index (κ3) is 4.48. The first kappa shape index (κ1) is 20.6. The van der Waals surface area contributed by atoms with Crippen molar-refractivity contribution in [2.75, 3.05) is 19.0 Å². The normalized spacial score (nSPS) is 10.6. The van der Waals surface area contributed by atoms with Crippen LogP contribution in [0.4, 0.5) is 5.00 Å². The molecule has 152 valence electrons. The van der Waals surface area contributed by atoms with Crippen LogP contribution < -0.4 is 10.1 Å². The Bertz CT molecular complexity index is 1000. The molecule has 0 unspecified atom stereocenters. The number of ether oxygens (including phenoxy) is 2. The van der Waals surface area contributed by atoms with Crippen molar-refractivity contribution in [2.45, 2.75) is 27.2 Å². The molecular weight excluding hydrogens is 392 g/mol. The molecule has 1 amide bonds. The number of benzene rings is 1. The van der Waals surface area contributed by atoms with Crippen LogP contribution in [0.1, 0.15) is 34.3 Å². The molecule has 0 spiro atoms. The minimum absolute atomic E-state index is 0.110. The summed E-state index contributed by atoms with van der Waals surface area (Å²) in [5.74, 6) is 0.586. The number of aromatic nitrogens is 1. The van der Waals surface area contributed by atoms with Gasteiger partial charge < -0.3 is 19.3 Å². The molecule has 0 saturated carbocycles. The average molecular weight is 414 g/mol. The quantitative estimate of drug-likeness (QED) is 0.577. The van der Waals surface area contributed by atoms with Gasteiger partial charge in [-0.3, -0.25) is 4.79 Å². The number of thiophene rings is 1. The van der Waals surface area contributed by atoms with Gasteiger partial charge in [-0.2, -0.15) is 0 Å². The van der Waals surface area contributed by atoms with Gasteiger partial charge in [0.1, 0.15) is 22.1 Å². The third-order valence-electron chi connectivity index (χ3n) is 4.44. The highest BCUT2D eigenvalue weighted by molar-refractivity contribution is 7.15. The van der Waals surface area contributed by atoms with Crippen molar-refractivity contribution in [3.8, 4) is 16.9 Å². The van der Waals surface area contributed by atoms with Gasteiger partial charge in [-0.05, 0) is 38.5 Å². The van der Waals surface area contributed by atoms with E-state index in [1.165, 1.54) is 11.3 Å². The molecule has 0 saturated heterocycles. The first-order chi connectivity index (χ1) is 13.9. The zero-order valence-electron chi connectivity index (χ0n) is 16.7. The maximum Gasteiger partial charge on any atom is 0.341 e. The second-order valence-electron chi connectivity index (χ2n) is 6.33. The number of methoxy groups -OCH3 is 1. The van der Waals surface area contributed by atoms with Gasteiger partial charge in [-0.25, -0.2) is 4.79 Å². The zero-order valence-corrected chi connectivity index (χ0v) is 17.5. The van der Waals surface area contributed by atoms with Crippen LogP contribution in [0.5, 0.6) is 5.75 Å². The molecule has 0 aliphatic rings. The summed E-state index contributed by atoms with van der Waals surface area (Å²) in [6.07, 6.45) is 0.110. The van der Waals surface area contributed by atoms with Crippen molar-refractivity contribution in [3.63, 3.8) is 0 Å². The Kier molecular flexibility index (Phi) is 6.33. The summed E-state index contributed by atoms with van der Waals surface area (Å²) < 4.78 is 15.5. The maximum atomic E-state index is 12.6. The van der Waals surface area contributed by atoms with Gasteiger partial charge in [0.2, 0.25) is 5.91 Å². The van der Waals surface area contributed by atoms with Crippen molar-refractivity contribution in [2.24, 2.45) is 0 Å². The molecular formula is C21H22N2O5S. The number of hydrogen-bond acceptors (Lipinski definition) is 7. The van der Waals surface area contributed by atoms with Crippen molar-refractivity contribution in [3.05, 3.63) is 52.2 Å². The number of rotatable bonds is 7. The van der Waals surface area contributed by atoms with Gasteiger partial charge in [-0.1, -0.05) is 17.3 Å². The van der Waals surface area contributed by atoms with Crippen LogP contribution in [0, 0.1) is 13.8 Å². The molecule has 8 heteroatoms. The molecule has 0 radical (unpaired) electrons. The smallest absolute Gasteiger partial charge is 0.341 e. The fraction of sp³-hybridized carbons (Fsp3) is 0.286. The van der Waals surface area contributed by atoms with E-state index in [4.69, 9.17) is 14.0 Å². The van der Waals surface area contributed by atoms with Crippen LogP contribution >= 0.6 is 11.3 Å². The first-order valence-corrected chi connectivity index (χ1v) is 9.97. The van der Waals surface area contributed by atoms with E-state index in [1.54, 1.807) is 27.9 Å². The van der Waals surface area contributed by atoms with Crippen molar-refractivity contribution in [1.29, 1.82) is 0 Å². The summed E-state index contributed by atoms with van der Waals surface area (Å²) in [6, 6.07) is 7.35. The standard InChI is InChI=1S/C21H22N2O5S/c1-5-27-21(25)19-17(14-6-8-15(26-4)9-7-14)11-29-20(19)22-18(24)10-16-12(2)23-28-13(16)3/h6-9,11H,5,10H2,1-4H3,(H,22,24). The molecule has 1 N–H and O–H groups in total. The second kappa shape index (κ2) is 8.91. The van der Waals surface area contributed by atoms with Crippen LogP contribution in [-0.4, -0.2) is 30.7 Å². The summed E-state index contributed by atoms with van der Waals surface area (Å²) in [6.45, 7) is 5.53. The first-order valence-electron chi connectivity index (χ1n) is 9.09. The van der Waals surface area contributed by atoms with E-state index >= 15 is 0 Å². The van der Waals surface area contributed by atoms with Gasteiger partial charge in [0, 0.05) is 16.5 Å². The Morgan fingerprint density at radius 2 is 1.93 bits per heavy atom. The molecule has 1 aromatic carbocycles. The minimum atomic E-state index is -0.479.